The van der Waals surface area contributed by atoms with Gasteiger partial charge in [0.15, 0.2) is 0 Å². The normalized spacial score (nSPS) is 22.7. The lowest BCUT2D eigenvalue weighted by molar-refractivity contribution is 0.188. The number of ether oxygens (including phenoxy) is 2. The average Bonchev–Trinajstić information content (AvgIpc) is 2.58. The van der Waals surface area contributed by atoms with Gasteiger partial charge in [0.1, 0.15) is 11.5 Å². The highest BCUT2D eigenvalue weighted by molar-refractivity contribution is 5.36. The molecule has 0 spiro atoms. The van der Waals surface area contributed by atoms with Gasteiger partial charge in [0.25, 0.3) is 0 Å². The summed E-state index contributed by atoms with van der Waals surface area (Å²) in [4.78, 5) is 0. The van der Waals surface area contributed by atoms with Gasteiger partial charge in [-0.3, -0.25) is 0 Å². The first-order valence-corrected chi connectivity index (χ1v) is 9.78. The van der Waals surface area contributed by atoms with Crippen LogP contribution in [0, 0.1) is 23.7 Å². The number of hydrogen-bond acceptors (Lipinski definition) is 2. The second kappa shape index (κ2) is 9.66. The van der Waals surface area contributed by atoms with Crippen LogP contribution in [0.4, 0.5) is 0 Å². The van der Waals surface area contributed by atoms with Crippen LogP contribution in [-0.4, -0.2) is 13.2 Å². The molecule has 0 saturated heterocycles. The fourth-order valence-electron chi connectivity index (χ4n) is 2.97. The summed E-state index contributed by atoms with van der Waals surface area (Å²) >= 11 is 0. The van der Waals surface area contributed by atoms with Crippen LogP contribution >= 0.6 is 0 Å². The molecular weight excluding hydrogens is 320 g/mol. The summed E-state index contributed by atoms with van der Waals surface area (Å²) in [5.41, 5.74) is 2.27. The minimum atomic E-state index is 0.380. The lowest BCUT2D eigenvalue weighted by atomic mass is 9.84. The Bertz CT molecular complexity index is 573. The molecule has 0 amide bonds. The quantitative estimate of drug-likeness (QED) is 0.479. The molecule has 2 aliphatic rings. The predicted octanol–water partition coefficient (Wildman–Crippen LogP) is 6.36. The Kier molecular flexibility index (Phi) is 7.56. The molecule has 0 saturated carbocycles. The molecule has 2 aliphatic carbocycles. The van der Waals surface area contributed by atoms with Crippen LogP contribution in [0.25, 0.3) is 0 Å². The average molecular weight is 355 g/mol. The van der Waals surface area contributed by atoms with Gasteiger partial charge in [0.2, 0.25) is 0 Å². The largest absolute Gasteiger partial charge is 0.493 e. The molecule has 2 heteroatoms. The van der Waals surface area contributed by atoms with E-state index < -0.39 is 0 Å². The maximum absolute atomic E-state index is 5.79. The molecule has 0 heterocycles. The minimum absolute atomic E-state index is 0.380. The highest BCUT2D eigenvalue weighted by Crippen LogP contribution is 2.31. The molecule has 2 unspecified atom stereocenters. The fraction of sp³-hybridized carbons (Fsp3) is 0.500. The van der Waals surface area contributed by atoms with E-state index in [2.05, 4.69) is 77.3 Å². The summed E-state index contributed by atoms with van der Waals surface area (Å²) in [6.07, 6.45) is 14.9. The van der Waals surface area contributed by atoms with Crippen molar-refractivity contribution in [3.05, 3.63) is 72.3 Å². The molecule has 2 rings (SSSR count). The van der Waals surface area contributed by atoms with Crippen LogP contribution in [0.3, 0.4) is 0 Å². The standard InChI is InChI=1S/C24H34O2/c1-17(2)15-25-23-11-9-21(19(5)13-23)7-8-22-10-12-24(14-20(22)6)26-16-18(3)4/h9-14,17-18,21-22H,5-8,15-16H2,1-4H3. The summed E-state index contributed by atoms with van der Waals surface area (Å²) in [7, 11) is 0. The van der Waals surface area contributed by atoms with Crippen LogP contribution in [0.1, 0.15) is 40.5 Å². The molecule has 2 atom stereocenters. The number of hydrogen-bond donors (Lipinski definition) is 0. The van der Waals surface area contributed by atoms with Gasteiger partial charge in [-0.1, -0.05) is 53.0 Å². The summed E-state index contributed by atoms with van der Waals surface area (Å²) < 4.78 is 11.6. The van der Waals surface area contributed by atoms with Crippen molar-refractivity contribution in [1.29, 1.82) is 0 Å². The lowest BCUT2D eigenvalue weighted by Crippen LogP contribution is -2.11. The molecule has 0 aromatic carbocycles. The van der Waals surface area contributed by atoms with Crippen LogP contribution in [0.2, 0.25) is 0 Å². The number of allylic oxidation sites excluding steroid dienone is 8. The molecule has 0 aliphatic heterocycles. The van der Waals surface area contributed by atoms with Gasteiger partial charge >= 0.3 is 0 Å². The van der Waals surface area contributed by atoms with Gasteiger partial charge < -0.3 is 9.47 Å². The van der Waals surface area contributed by atoms with E-state index >= 15 is 0 Å². The van der Waals surface area contributed by atoms with Gasteiger partial charge in [0, 0.05) is 11.8 Å². The van der Waals surface area contributed by atoms with E-state index in [0.717, 1.165) is 48.7 Å². The van der Waals surface area contributed by atoms with Crippen LogP contribution < -0.4 is 0 Å². The molecule has 142 valence electrons. The monoisotopic (exact) mass is 354 g/mol. The van der Waals surface area contributed by atoms with E-state index in [1.165, 1.54) is 0 Å². The topological polar surface area (TPSA) is 18.5 Å². The molecular formula is C24H34O2. The predicted molar refractivity (Wildman–Crippen MR) is 111 cm³/mol. The minimum Gasteiger partial charge on any atom is -0.493 e. The van der Waals surface area contributed by atoms with Gasteiger partial charge in [-0.05, 0) is 60.1 Å². The van der Waals surface area contributed by atoms with E-state index in [4.69, 9.17) is 9.47 Å². The van der Waals surface area contributed by atoms with E-state index in [1.807, 2.05) is 0 Å². The van der Waals surface area contributed by atoms with Gasteiger partial charge in [-0.2, -0.15) is 0 Å². The maximum Gasteiger partial charge on any atom is 0.119 e. The SMILES string of the molecule is C=C1C=C(OCC(C)C)C=CC1CCC1C=CC(OCC(C)C)=CC1=C. The first kappa shape index (κ1) is 20.4. The van der Waals surface area contributed by atoms with Gasteiger partial charge in [-0.15, -0.1) is 0 Å². The third-order valence-electron chi connectivity index (χ3n) is 4.55. The van der Waals surface area contributed by atoms with Crippen molar-refractivity contribution < 1.29 is 9.47 Å². The first-order valence-electron chi connectivity index (χ1n) is 9.78. The van der Waals surface area contributed by atoms with Crippen molar-refractivity contribution >= 4 is 0 Å². The second-order valence-corrected chi connectivity index (χ2v) is 8.16. The third-order valence-corrected chi connectivity index (χ3v) is 4.55. The fourth-order valence-corrected chi connectivity index (χ4v) is 2.97. The Labute approximate surface area is 159 Å². The van der Waals surface area contributed by atoms with Crippen molar-refractivity contribution in [1.82, 2.24) is 0 Å². The van der Waals surface area contributed by atoms with Crippen molar-refractivity contribution in [2.24, 2.45) is 23.7 Å². The molecule has 26 heavy (non-hydrogen) atoms. The summed E-state index contributed by atoms with van der Waals surface area (Å²) in [5.74, 6) is 3.67. The Morgan fingerprint density at radius 1 is 0.769 bits per heavy atom. The Hall–Kier alpha value is -1.96. The van der Waals surface area contributed by atoms with E-state index in [9.17, 15) is 0 Å². The Morgan fingerprint density at radius 3 is 1.46 bits per heavy atom. The van der Waals surface area contributed by atoms with Gasteiger partial charge in [0.05, 0.1) is 13.2 Å². The van der Waals surface area contributed by atoms with Gasteiger partial charge in [-0.25, -0.2) is 0 Å². The summed E-state index contributed by atoms with van der Waals surface area (Å²) in [6, 6.07) is 0. The molecule has 2 nitrogen and oxygen atoms in total. The molecule has 0 bridgehead atoms. The van der Waals surface area contributed by atoms with Crippen molar-refractivity contribution in [3.63, 3.8) is 0 Å². The van der Waals surface area contributed by atoms with Crippen LogP contribution in [0.15, 0.2) is 72.3 Å². The van der Waals surface area contributed by atoms with Crippen molar-refractivity contribution in [3.8, 4) is 0 Å². The Balaban J connectivity index is 1.80. The molecule has 0 N–H and O–H groups in total. The zero-order valence-corrected chi connectivity index (χ0v) is 16.8. The molecule has 0 fully saturated rings. The zero-order valence-electron chi connectivity index (χ0n) is 16.8. The Morgan fingerprint density at radius 2 is 1.15 bits per heavy atom. The highest BCUT2D eigenvalue weighted by Gasteiger charge is 2.18. The van der Waals surface area contributed by atoms with E-state index in [-0.39, 0.29) is 0 Å². The summed E-state index contributed by atoms with van der Waals surface area (Å²) in [5, 5.41) is 0. The maximum atomic E-state index is 5.79. The van der Waals surface area contributed by atoms with Crippen LogP contribution in [-0.2, 0) is 9.47 Å². The molecule has 0 aromatic heterocycles. The van der Waals surface area contributed by atoms with Crippen molar-refractivity contribution in [2.45, 2.75) is 40.5 Å². The first-order chi connectivity index (χ1) is 12.3. The smallest absolute Gasteiger partial charge is 0.119 e. The lowest BCUT2D eigenvalue weighted by Gasteiger charge is -2.23. The highest BCUT2D eigenvalue weighted by atomic mass is 16.5. The molecule has 0 aromatic rings. The summed E-state index contributed by atoms with van der Waals surface area (Å²) in [6.45, 7) is 18.6. The second-order valence-electron chi connectivity index (χ2n) is 8.16. The van der Waals surface area contributed by atoms with Crippen LogP contribution in [0.5, 0.6) is 0 Å². The third kappa shape index (κ3) is 6.40. The number of rotatable bonds is 9. The molecule has 0 radical (unpaired) electrons. The van der Waals surface area contributed by atoms with E-state index in [1.54, 1.807) is 0 Å². The van der Waals surface area contributed by atoms with E-state index in [0.29, 0.717) is 23.7 Å². The van der Waals surface area contributed by atoms with Crippen molar-refractivity contribution in [2.75, 3.05) is 13.2 Å². The zero-order chi connectivity index (χ0) is 19.1.